The van der Waals surface area contributed by atoms with Crippen molar-refractivity contribution in [2.45, 2.75) is 51.3 Å². The lowest BCUT2D eigenvalue weighted by Crippen LogP contribution is -2.26. The second-order valence-electron chi connectivity index (χ2n) is 9.64. The van der Waals surface area contributed by atoms with Crippen molar-refractivity contribution in [3.8, 4) is 5.75 Å². The number of amides is 1. The number of carboxylic acids is 1. The first kappa shape index (κ1) is 25.7. The zero-order valence-corrected chi connectivity index (χ0v) is 22.0. The Bertz CT molecular complexity index is 1760. The van der Waals surface area contributed by atoms with Crippen LogP contribution < -0.4 is 10.1 Å². The SMILES string of the molecule is CCC(Oc1cc(C2CC2)cn2cc(Cn3cc(C(=O)NCc4ncn5ccc(Cl)c(F)c45)nn3)nc12)C(=O)O. The zero-order chi connectivity index (χ0) is 28.0. The van der Waals surface area contributed by atoms with Gasteiger partial charge in [-0.1, -0.05) is 23.7 Å². The molecule has 40 heavy (non-hydrogen) atoms. The number of rotatable bonds is 10. The van der Waals surface area contributed by atoms with Crippen LogP contribution in [0.5, 0.6) is 5.75 Å². The normalized spacial score (nSPS) is 14.1. The fraction of sp³-hybridized carbons (Fsp3) is 0.308. The highest BCUT2D eigenvalue weighted by atomic mass is 35.5. The van der Waals surface area contributed by atoms with Crippen LogP contribution in [0.25, 0.3) is 11.2 Å². The van der Waals surface area contributed by atoms with E-state index in [2.05, 4.69) is 25.6 Å². The van der Waals surface area contributed by atoms with Gasteiger partial charge in [0.05, 0.1) is 42.0 Å². The number of carbonyl (C=O) groups excluding carboxylic acids is 1. The smallest absolute Gasteiger partial charge is 0.344 e. The van der Waals surface area contributed by atoms with E-state index in [1.54, 1.807) is 13.1 Å². The zero-order valence-electron chi connectivity index (χ0n) is 21.3. The lowest BCUT2D eigenvalue weighted by Gasteiger charge is -2.15. The van der Waals surface area contributed by atoms with Gasteiger partial charge in [-0.05, 0) is 42.9 Å². The molecule has 14 heteroatoms. The predicted molar refractivity (Wildman–Crippen MR) is 140 cm³/mol. The molecule has 1 unspecified atom stereocenters. The van der Waals surface area contributed by atoms with Gasteiger partial charge in [-0.15, -0.1) is 5.10 Å². The molecule has 1 fully saturated rings. The van der Waals surface area contributed by atoms with Crippen molar-refractivity contribution in [2.75, 3.05) is 0 Å². The highest BCUT2D eigenvalue weighted by Gasteiger charge is 2.27. The number of carboxylic acid groups (broad SMARTS) is 1. The molecule has 1 aliphatic rings. The van der Waals surface area contributed by atoms with Crippen molar-refractivity contribution in [1.29, 1.82) is 0 Å². The van der Waals surface area contributed by atoms with Crippen LogP contribution in [0.1, 0.15) is 59.5 Å². The summed E-state index contributed by atoms with van der Waals surface area (Å²) in [6.45, 7) is 1.93. The second kappa shape index (κ2) is 10.2. The van der Waals surface area contributed by atoms with Gasteiger partial charge in [0.15, 0.2) is 29.0 Å². The van der Waals surface area contributed by atoms with E-state index in [0.717, 1.165) is 18.4 Å². The number of ether oxygens (including phenoxy) is 1. The highest BCUT2D eigenvalue weighted by Crippen LogP contribution is 2.42. The Morgan fingerprint density at radius 1 is 1.27 bits per heavy atom. The number of imidazole rings is 2. The average Bonchev–Trinajstić information content (AvgIpc) is 3.33. The van der Waals surface area contributed by atoms with Gasteiger partial charge in [0.25, 0.3) is 5.91 Å². The molecular formula is C26H24ClFN8O4. The molecule has 5 aromatic rings. The monoisotopic (exact) mass is 566 g/mol. The van der Waals surface area contributed by atoms with Gasteiger partial charge in [-0.2, -0.15) is 0 Å². The molecule has 1 saturated carbocycles. The van der Waals surface area contributed by atoms with E-state index >= 15 is 0 Å². The first-order valence-electron chi connectivity index (χ1n) is 12.7. The summed E-state index contributed by atoms with van der Waals surface area (Å²) in [6, 6.07) is 3.30. The average molecular weight is 567 g/mol. The standard InChI is InChI=1S/C26H24ClFN8O4/c1-2-20(26(38)39)40-21-7-15(14-3-4-14)9-35-10-16(31-24(21)35)11-36-12-19(32-33-36)25(37)29-8-18-23-22(28)17(27)5-6-34(23)13-30-18/h5-7,9-10,12-14,20H,2-4,8,11H2,1H3,(H,29,37)(H,38,39). The minimum atomic E-state index is -1.03. The molecule has 206 valence electrons. The van der Waals surface area contributed by atoms with Gasteiger partial charge < -0.3 is 24.0 Å². The van der Waals surface area contributed by atoms with Crippen molar-refractivity contribution >= 4 is 34.6 Å². The van der Waals surface area contributed by atoms with Crippen LogP contribution >= 0.6 is 11.6 Å². The van der Waals surface area contributed by atoms with Crippen LogP contribution in [0.4, 0.5) is 4.39 Å². The third-order valence-corrected chi connectivity index (χ3v) is 7.02. The van der Waals surface area contributed by atoms with E-state index in [4.69, 9.17) is 16.3 Å². The maximum atomic E-state index is 14.5. The molecule has 5 heterocycles. The first-order chi connectivity index (χ1) is 19.3. The number of halogens is 2. The molecule has 0 spiro atoms. The van der Waals surface area contributed by atoms with Crippen molar-refractivity contribution < 1.29 is 23.8 Å². The van der Waals surface area contributed by atoms with E-state index in [1.807, 2.05) is 22.9 Å². The Morgan fingerprint density at radius 3 is 2.85 bits per heavy atom. The largest absolute Gasteiger partial charge is 0.479 e. The molecule has 0 aliphatic heterocycles. The van der Waals surface area contributed by atoms with E-state index in [1.165, 1.54) is 27.7 Å². The summed E-state index contributed by atoms with van der Waals surface area (Å²) in [6.07, 6.45) is 9.78. The van der Waals surface area contributed by atoms with Crippen molar-refractivity contribution in [2.24, 2.45) is 0 Å². The molecule has 0 aromatic carbocycles. The molecule has 1 amide bonds. The molecule has 0 saturated heterocycles. The Labute approximate surface area is 231 Å². The van der Waals surface area contributed by atoms with E-state index < -0.39 is 23.8 Å². The maximum Gasteiger partial charge on any atom is 0.344 e. The van der Waals surface area contributed by atoms with E-state index in [9.17, 15) is 19.1 Å². The van der Waals surface area contributed by atoms with Gasteiger partial charge in [0.2, 0.25) is 0 Å². The Morgan fingerprint density at radius 2 is 2.10 bits per heavy atom. The minimum absolute atomic E-state index is 0.0346. The van der Waals surface area contributed by atoms with Crippen LogP contribution in [-0.2, 0) is 17.9 Å². The number of carbonyl (C=O) groups is 2. The molecule has 0 bridgehead atoms. The maximum absolute atomic E-state index is 14.5. The van der Waals surface area contributed by atoms with Crippen molar-refractivity contribution in [3.05, 3.63) is 76.7 Å². The van der Waals surface area contributed by atoms with E-state index in [-0.39, 0.29) is 29.3 Å². The topological polar surface area (TPSA) is 141 Å². The third-order valence-electron chi connectivity index (χ3n) is 6.73. The number of nitrogens with zero attached hydrogens (tertiary/aromatic N) is 7. The molecule has 1 atom stereocenters. The number of aromatic nitrogens is 7. The van der Waals surface area contributed by atoms with Gasteiger partial charge in [0.1, 0.15) is 5.52 Å². The highest BCUT2D eigenvalue weighted by molar-refractivity contribution is 6.31. The summed E-state index contributed by atoms with van der Waals surface area (Å²) in [5, 5.41) is 20.1. The Balaban J connectivity index is 1.18. The molecule has 0 radical (unpaired) electrons. The van der Waals surface area contributed by atoms with Gasteiger partial charge in [0, 0.05) is 18.6 Å². The number of nitrogens with one attached hydrogen (secondary N) is 1. The van der Waals surface area contributed by atoms with Crippen LogP contribution in [0, 0.1) is 5.82 Å². The quantitative estimate of drug-likeness (QED) is 0.262. The predicted octanol–water partition coefficient (Wildman–Crippen LogP) is 3.46. The summed E-state index contributed by atoms with van der Waals surface area (Å²) < 4.78 is 25.1. The van der Waals surface area contributed by atoms with Crippen molar-refractivity contribution in [1.82, 2.24) is 39.1 Å². The molecule has 1 aliphatic carbocycles. The summed E-state index contributed by atoms with van der Waals surface area (Å²) in [4.78, 5) is 33.1. The number of aliphatic carboxylic acids is 1. The third kappa shape index (κ3) is 4.95. The van der Waals surface area contributed by atoms with E-state index in [0.29, 0.717) is 35.1 Å². The number of pyridine rings is 2. The minimum Gasteiger partial charge on any atom is -0.479 e. The van der Waals surface area contributed by atoms with Crippen molar-refractivity contribution in [3.63, 3.8) is 0 Å². The number of fused-ring (bicyclic) bond motifs is 2. The van der Waals surface area contributed by atoms with Crippen LogP contribution in [-0.4, -0.2) is 56.9 Å². The van der Waals surface area contributed by atoms with Gasteiger partial charge in [-0.3, -0.25) is 4.79 Å². The summed E-state index contributed by atoms with van der Waals surface area (Å²) in [7, 11) is 0. The summed E-state index contributed by atoms with van der Waals surface area (Å²) in [5.41, 5.74) is 2.76. The molecule has 2 N–H and O–H groups in total. The first-order valence-corrected chi connectivity index (χ1v) is 13.1. The van der Waals surface area contributed by atoms with Crippen LogP contribution in [0.15, 0.2) is 43.2 Å². The lowest BCUT2D eigenvalue weighted by molar-refractivity contribution is -0.145. The molecule has 6 rings (SSSR count). The molecule has 12 nitrogen and oxygen atoms in total. The molecular weight excluding hydrogens is 543 g/mol. The summed E-state index contributed by atoms with van der Waals surface area (Å²) >= 11 is 5.88. The lowest BCUT2D eigenvalue weighted by atomic mass is 10.2. The fourth-order valence-electron chi connectivity index (χ4n) is 4.52. The van der Waals surface area contributed by atoms with Gasteiger partial charge in [-0.25, -0.2) is 23.8 Å². The molecule has 5 aromatic heterocycles. The number of hydrogen-bond donors (Lipinski definition) is 2. The number of hydrogen-bond acceptors (Lipinski definition) is 7. The second-order valence-corrected chi connectivity index (χ2v) is 10.0. The van der Waals surface area contributed by atoms with Crippen LogP contribution in [0.3, 0.4) is 0 Å². The Kier molecular flexibility index (Phi) is 6.58. The van der Waals surface area contributed by atoms with Crippen LogP contribution in [0.2, 0.25) is 5.02 Å². The summed E-state index contributed by atoms with van der Waals surface area (Å²) in [5.74, 6) is -1.32. The Hall–Kier alpha value is -4.52. The van der Waals surface area contributed by atoms with Gasteiger partial charge >= 0.3 is 5.97 Å². The fourth-order valence-corrected chi connectivity index (χ4v) is 4.66.